The van der Waals surface area contributed by atoms with Crippen LogP contribution in [0.4, 0.5) is 5.69 Å². The number of nitrogens with one attached hydrogen (secondary N) is 1. The van der Waals surface area contributed by atoms with E-state index in [2.05, 4.69) is 5.32 Å². The van der Waals surface area contributed by atoms with E-state index in [-0.39, 0.29) is 5.91 Å². The Morgan fingerprint density at radius 2 is 1.78 bits per heavy atom. The first kappa shape index (κ1) is 17.4. The lowest BCUT2D eigenvalue weighted by Gasteiger charge is -2.19. The highest BCUT2D eigenvalue weighted by Crippen LogP contribution is 2.24. The lowest BCUT2D eigenvalue weighted by molar-refractivity contribution is -0.122. The third kappa shape index (κ3) is 4.26. The molecule has 1 atom stereocenters. The Hall–Kier alpha value is -2.00. The summed E-state index contributed by atoms with van der Waals surface area (Å²) in [6, 6.07) is 11.3. The standard InChI is InChI=1S/C19H22ClNO2/c1-5-17(23-15-9-10-16(20)14(4)11-15)19(22)21-18-12(2)7-6-8-13(18)3/h6-11,17H,5H2,1-4H3,(H,21,22). The van der Waals surface area contributed by atoms with Gasteiger partial charge in [0, 0.05) is 10.7 Å². The predicted molar refractivity (Wildman–Crippen MR) is 95.4 cm³/mol. The van der Waals surface area contributed by atoms with Crippen LogP contribution in [0.2, 0.25) is 5.02 Å². The van der Waals surface area contributed by atoms with Gasteiger partial charge in [-0.3, -0.25) is 4.79 Å². The van der Waals surface area contributed by atoms with Gasteiger partial charge in [-0.15, -0.1) is 0 Å². The number of ether oxygens (including phenoxy) is 1. The highest BCUT2D eigenvalue weighted by molar-refractivity contribution is 6.31. The maximum Gasteiger partial charge on any atom is 0.265 e. The van der Waals surface area contributed by atoms with Crippen molar-refractivity contribution in [1.29, 1.82) is 0 Å². The largest absolute Gasteiger partial charge is 0.481 e. The van der Waals surface area contributed by atoms with Crippen LogP contribution >= 0.6 is 11.6 Å². The van der Waals surface area contributed by atoms with Gasteiger partial charge in [-0.25, -0.2) is 0 Å². The van der Waals surface area contributed by atoms with E-state index in [4.69, 9.17) is 16.3 Å². The molecule has 0 spiro atoms. The Bertz CT molecular complexity index is 692. The molecule has 0 aromatic heterocycles. The Balaban J connectivity index is 2.13. The summed E-state index contributed by atoms with van der Waals surface area (Å²) in [6.07, 6.45) is 0.0351. The van der Waals surface area contributed by atoms with Gasteiger partial charge in [0.05, 0.1) is 0 Å². The summed E-state index contributed by atoms with van der Waals surface area (Å²) < 4.78 is 5.84. The number of carbonyl (C=O) groups excluding carboxylic acids is 1. The van der Waals surface area contributed by atoms with Crippen molar-refractivity contribution in [3.05, 3.63) is 58.1 Å². The van der Waals surface area contributed by atoms with Crippen LogP contribution in [0, 0.1) is 20.8 Å². The number of halogens is 1. The first-order valence-electron chi connectivity index (χ1n) is 7.72. The van der Waals surface area contributed by atoms with E-state index in [1.54, 1.807) is 12.1 Å². The van der Waals surface area contributed by atoms with E-state index in [1.807, 2.05) is 52.0 Å². The number of hydrogen-bond donors (Lipinski definition) is 1. The van der Waals surface area contributed by atoms with Crippen LogP contribution in [0.15, 0.2) is 36.4 Å². The van der Waals surface area contributed by atoms with Crippen molar-refractivity contribution in [3.8, 4) is 5.75 Å². The van der Waals surface area contributed by atoms with Gasteiger partial charge >= 0.3 is 0 Å². The third-order valence-electron chi connectivity index (χ3n) is 3.80. The fraction of sp³-hybridized carbons (Fsp3) is 0.316. The third-order valence-corrected chi connectivity index (χ3v) is 4.22. The Labute approximate surface area is 142 Å². The molecule has 2 aromatic rings. The molecule has 0 saturated heterocycles. The molecule has 23 heavy (non-hydrogen) atoms. The number of aryl methyl sites for hydroxylation is 3. The van der Waals surface area contributed by atoms with Crippen LogP contribution < -0.4 is 10.1 Å². The zero-order valence-electron chi connectivity index (χ0n) is 13.9. The van der Waals surface area contributed by atoms with Gasteiger partial charge in [-0.05, 0) is 62.1 Å². The first-order valence-corrected chi connectivity index (χ1v) is 8.10. The summed E-state index contributed by atoms with van der Waals surface area (Å²) in [5.74, 6) is 0.507. The summed E-state index contributed by atoms with van der Waals surface area (Å²) in [6.45, 7) is 7.80. The molecule has 0 radical (unpaired) electrons. The Kier molecular flexibility index (Phi) is 5.67. The molecule has 0 saturated carbocycles. The number of anilines is 1. The summed E-state index contributed by atoms with van der Waals surface area (Å²) in [5, 5.41) is 3.67. The van der Waals surface area contributed by atoms with E-state index in [9.17, 15) is 4.79 Å². The quantitative estimate of drug-likeness (QED) is 0.831. The molecular weight excluding hydrogens is 310 g/mol. The van der Waals surface area contributed by atoms with Gasteiger partial charge in [-0.1, -0.05) is 36.7 Å². The molecule has 122 valence electrons. The van der Waals surface area contributed by atoms with Gasteiger partial charge in [-0.2, -0.15) is 0 Å². The van der Waals surface area contributed by atoms with Crippen molar-refractivity contribution >= 4 is 23.2 Å². The number of amides is 1. The molecule has 0 bridgehead atoms. The molecule has 0 aliphatic heterocycles. The second-order valence-corrected chi connectivity index (χ2v) is 6.09. The van der Waals surface area contributed by atoms with Crippen LogP contribution in [0.5, 0.6) is 5.75 Å². The number of rotatable bonds is 5. The summed E-state index contributed by atoms with van der Waals surface area (Å²) in [7, 11) is 0. The summed E-state index contributed by atoms with van der Waals surface area (Å²) in [5.41, 5.74) is 3.85. The summed E-state index contributed by atoms with van der Waals surface area (Å²) in [4.78, 5) is 12.5. The lowest BCUT2D eigenvalue weighted by Crippen LogP contribution is -2.32. The topological polar surface area (TPSA) is 38.3 Å². The molecule has 0 aliphatic rings. The molecule has 0 fully saturated rings. The van der Waals surface area contributed by atoms with Crippen LogP contribution in [-0.4, -0.2) is 12.0 Å². The minimum Gasteiger partial charge on any atom is -0.481 e. The first-order chi connectivity index (χ1) is 10.9. The molecule has 4 heteroatoms. The van der Waals surface area contributed by atoms with Gasteiger partial charge < -0.3 is 10.1 Å². The van der Waals surface area contributed by atoms with Crippen molar-refractivity contribution in [3.63, 3.8) is 0 Å². The minimum atomic E-state index is -0.547. The van der Waals surface area contributed by atoms with E-state index in [0.29, 0.717) is 17.2 Å². The van der Waals surface area contributed by atoms with Crippen LogP contribution in [0.1, 0.15) is 30.0 Å². The van der Waals surface area contributed by atoms with Crippen molar-refractivity contribution < 1.29 is 9.53 Å². The molecule has 1 unspecified atom stereocenters. The molecule has 2 aromatic carbocycles. The second-order valence-electron chi connectivity index (χ2n) is 5.68. The molecule has 3 nitrogen and oxygen atoms in total. The highest BCUT2D eigenvalue weighted by Gasteiger charge is 2.20. The van der Waals surface area contributed by atoms with E-state index in [1.165, 1.54) is 0 Å². The fourth-order valence-electron chi connectivity index (χ4n) is 2.39. The number of para-hydroxylation sites is 1. The zero-order chi connectivity index (χ0) is 17.0. The molecule has 0 aliphatic carbocycles. The fourth-order valence-corrected chi connectivity index (χ4v) is 2.51. The number of hydrogen-bond acceptors (Lipinski definition) is 2. The van der Waals surface area contributed by atoms with Crippen LogP contribution in [0.3, 0.4) is 0 Å². The highest BCUT2D eigenvalue weighted by atomic mass is 35.5. The number of benzene rings is 2. The minimum absolute atomic E-state index is 0.141. The zero-order valence-corrected chi connectivity index (χ0v) is 14.7. The van der Waals surface area contributed by atoms with Gasteiger partial charge in [0.25, 0.3) is 5.91 Å². The predicted octanol–water partition coefficient (Wildman–Crippen LogP) is 5.06. The van der Waals surface area contributed by atoms with Gasteiger partial charge in [0.1, 0.15) is 5.75 Å². The van der Waals surface area contributed by atoms with Gasteiger partial charge in [0.15, 0.2) is 6.10 Å². The maximum atomic E-state index is 12.5. The van der Waals surface area contributed by atoms with Crippen molar-refractivity contribution in [1.82, 2.24) is 0 Å². The summed E-state index contributed by atoms with van der Waals surface area (Å²) >= 11 is 6.02. The van der Waals surface area contributed by atoms with Crippen LogP contribution in [-0.2, 0) is 4.79 Å². The average Bonchev–Trinajstić information content (AvgIpc) is 2.52. The van der Waals surface area contributed by atoms with Crippen molar-refractivity contribution in [2.75, 3.05) is 5.32 Å². The van der Waals surface area contributed by atoms with E-state index >= 15 is 0 Å². The smallest absolute Gasteiger partial charge is 0.265 e. The van der Waals surface area contributed by atoms with Crippen molar-refractivity contribution in [2.45, 2.75) is 40.2 Å². The average molecular weight is 332 g/mol. The Morgan fingerprint density at radius 3 is 2.35 bits per heavy atom. The maximum absolute atomic E-state index is 12.5. The molecule has 0 heterocycles. The van der Waals surface area contributed by atoms with Gasteiger partial charge in [0.2, 0.25) is 0 Å². The van der Waals surface area contributed by atoms with Crippen molar-refractivity contribution in [2.24, 2.45) is 0 Å². The van der Waals surface area contributed by atoms with Crippen LogP contribution in [0.25, 0.3) is 0 Å². The molecule has 1 amide bonds. The normalized spacial score (nSPS) is 11.9. The van der Waals surface area contributed by atoms with E-state index < -0.39 is 6.10 Å². The molecule has 2 rings (SSSR count). The SMILES string of the molecule is CCC(Oc1ccc(Cl)c(C)c1)C(=O)Nc1c(C)cccc1C. The molecular formula is C19H22ClNO2. The number of carbonyl (C=O) groups is 1. The van der Waals surface area contributed by atoms with E-state index in [0.717, 1.165) is 22.4 Å². The molecule has 1 N–H and O–H groups in total. The monoisotopic (exact) mass is 331 g/mol. The second kappa shape index (κ2) is 7.51. The lowest BCUT2D eigenvalue weighted by atomic mass is 10.1. The Morgan fingerprint density at radius 1 is 1.13 bits per heavy atom.